The number of hydrogen-bond donors (Lipinski definition) is 1. The zero-order chi connectivity index (χ0) is 14.8. The lowest BCUT2D eigenvalue weighted by Crippen LogP contribution is -2.11. The second-order valence-electron chi connectivity index (χ2n) is 3.66. The minimum Gasteiger partial charge on any atom is -0.326 e. The fraction of sp³-hybridized carbons (Fsp3) is 0.273. The molecule has 0 unspecified atom stereocenters. The van der Waals surface area contributed by atoms with Gasteiger partial charge in [0, 0.05) is 11.4 Å². The lowest BCUT2D eigenvalue weighted by molar-refractivity contribution is -0.138. The van der Waals surface area contributed by atoms with Crippen molar-refractivity contribution in [3.8, 4) is 0 Å². The molecule has 108 valence electrons. The number of rotatable bonds is 4. The molecular weight excluding hydrogens is 327 g/mol. The van der Waals surface area contributed by atoms with Gasteiger partial charge in [-0.3, -0.25) is 0 Å². The second kappa shape index (κ2) is 6.33. The number of nitrogens with zero attached hydrogens (tertiary/aromatic N) is 2. The van der Waals surface area contributed by atoms with E-state index in [0.29, 0.717) is 9.24 Å². The van der Waals surface area contributed by atoms with E-state index in [2.05, 4.69) is 10.2 Å². The van der Waals surface area contributed by atoms with Gasteiger partial charge in [-0.05, 0) is 30.0 Å². The maximum Gasteiger partial charge on any atom is 0.416 e. The van der Waals surface area contributed by atoms with E-state index < -0.39 is 11.7 Å². The van der Waals surface area contributed by atoms with E-state index in [9.17, 15) is 13.2 Å². The summed E-state index contributed by atoms with van der Waals surface area (Å²) >= 11 is 4.16. The summed E-state index contributed by atoms with van der Waals surface area (Å²) in [7, 11) is 0. The van der Waals surface area contributed by atoms with Crippen molar-refractivity contribution in [2.45, 2.75) is 26.3 Å². The van der Waals surface area contributed by atoms with Crippen LogP contribution in [0.2, 0.25) is 0 Å². The quantitative estimate of drug-likeness (QED) is 0.858. The summed E-state index contributed by atoms with van der Waals surface area (Å²) in [5.41, 5.74) is 4.79. The van der Waals surface area contributed by atoms with Gasteiger partial charge < -0.3 is 5.73 Å². The number of thioether (sulfide) groups is 1. The number of halogens is 3. The van der Waals surface area contributed by atoms with Gasteiger partial charge in [-0.2, -0.15) is 13.2 Å². The largest absolute Gasteiger partial charge is 0.416 e. The van der Waals surface area contributed by atoms with E-state index in [4.69, 9.17) is 5.73 Å². The molecule has 0 aliphatic heterocycles. The molecule has 1 heterocycles. The summed E-state index contributed by atoms with van der Waals surface area (Å²) in [6.45, 7) is -0.157. The predicted molar refractivity (Wildman–Crippen MR) is 75.1 cm³/mol. The molecule has 0 saturated carbocycles. The first-order valence-corrected chi connectivity index (χ1v) is 8.25. The van der Waals surface area contributed by atoms with Crippen LogP contribution in [0.5, 0.6) is 0 Å². The van der Waals surface area contributed by atoms with Gasteiger partial charge in [-0.1, -0.05) is 34.9 Å². The molecule has 0 fully saturated rings. The van der Waals surface area contributed by atoms with Crippen LogP contribution in [0.4, 0.5) is 13.2 Å². The van der Waals surface area contributed by atoms with Gasteiger partial charge in [-0.15, -0.1) is 10.2 Å². The average Bonchev–Trinajstić information content (AvgIpc) is 2.85. The predicted octanol–water partition coefficient (Wildman–Crippen LogP) is 3.89. The minimum absolute atomic E-state index is 0.0807. The average molecular weight is 337 g/mol. The Bertz CT molecular complexity index is 598. The zero-order valence-electron chi connectivity index (χ0n) is 10.3. The van der Waals surface area contributed by atoms with Gasteiger partial charge >= 0.3 is 6.18 Å². The highest BCUT2D eigenvalue weighted by Gasteiger charge is 2.32. The first-order chi connectivity index (χ1) is 9.44. The Balaban J connectivity index is 2.25. The van der Waals surface area contributed by atoms with Crippen LogP contribution in [0.3, 0.4) is 0 Å². The summed E-state index contributed by atoms with van der Waals surface area (Å²) in [6, 6.07) is 3.93. The molecule has 2 rings (SSSR count). The third kappa shape index (κ3) is 3.66. The second-order valence-corrected chi connectivity index (χ2v) is 7.01. The van der Waals surface area contributed by atoms with Crippen LogP contribution in [0.15, 0.2) is 31.8 Å². The highest BCUT2D eigenvalue weighted by atomic mass is 32.2. The van der Waals surface area contributed by atoms with Crippen molar-refractivity contribution < 1.29 is 13.2 Å². The van der Waals surface area contributed by atoms with Crippen LogP contribution in [-0.4, -0.2) is 16.5 Å². The standard InChI is InChI=1S/C11H10F3N3S3/c1-18-9-16-17-10(20-9)19-7-2-3-8(11(12,13)14)6(4-7)5-15/h2-4H,5,15H2,1H3. The molecule has 0 saturated heterocycles. The molecule has 3 nitrogen and oxygen atoms in total. The number of nitrogens with two attached hydrogens (primary N) is 1. The Morgan fingerprint density at radius 2 is 1.95 bits per heavy atom. The summed E-state index contributed by atoms with van der Waals surface area (Å²) in [5.74, 6) is 0. The summed E-state index contributed by atoms with van der Waals surface area (Å²) in [4.78, 5) is 0.669. The Morgan fingerprint density at radius 1 is 1.25 bits per heavy atom. The molecule has 1 aromatic carbocycles. The smallest absolute Gasteiger partial charge is 0.326 e. The lowest BCUT2D eigenvalue weighted by atomic mass is 10.1. The Hall–Kier alpha value is -0.770. The third-order valence-electron chi connectivity index (χ3n) is 2.37. The van der Waals surface area contributed by atoms with Gasteiger partial charge in [0.1, 0.15) is 0 Å². The van der Waals surface area contributed by atoms with Gasteiger partial charge in [0.05, 0.1) is 5.56 Å². The van der Waals surface area contributed by atoms with Crippen molar-refractivity contribution in [2.75, 3.05) is 6.26 Å². The molecule has 20 heavy (non-hydrogen) atoms. The van der Waals surface area contributed by atoms with Crippen LogP contribution in [0.1, 0.15) is 11.1 Å². The van der Waals surface area contributed by atoms with Gasteiger partial charge in [0.2, 0.25) is 0 Å². The van der Waals surface area contributed by atoms with Crippen LogP contribution in [-0.2, 0) is 12.7 Å². The molecule has 0 aliphatic carbocycles. The van der Waals surface area contributed by atoms with Crippen LogP contribution in [0, 0.1) is 0 Å². The third-order valence-corrected chi connectivity index (χ3v) is 5.31. The highest BCUT2D eigenvalue weighted by molar-refractivity contribution is 8.03. The zero-order valence-corrected chi connectivity index (χ0v) is 12.7. The molecule has 2 aromatic rings. The van der Waals surface area contributed by atoms with Crippen LogP contribution >= 0.6 is 34.9 Å². The Labute approximate surface area is 126 Å². The number of aromatic nitrogens is 2. The molecule has 1 aromatic heterocycles. The number of benzene rings is 1. The van der Waals surface area contributed by atoms with E-state index in [1.807, 2.05) is 6.26 Å². The number of alkyl halides is 3. The molecule has 2 N–H and O–H groups in total. The Morgan fingerprint density at radius 3 is 2.50 bits per heavy atom. The number of hydrogen-bond acceptors (Lipinski definition) is 6. The van der Waals surface area contributed by atoms with Crippen LogP contribution in [0.25, 0.3) is 0 Å². The van der Waals surface area contributed by atoms with E-state index in [1.165, 1.54) is 47.0 Å². The van der Waals surface area contributed by atoms with Crippen molar-refractivity contribution in [1.82, 2.24) is 10.2 Å². The highest BCUT2D eigenvalue weighted by Crippen LogP contribution is 2.37. The fourth-order valence-electron chi connectivity index (χ4n) is 1.50. The monoisotopic (exact) mass is 337 g/mol. The van der Waals surface area contributed by atoms with Crippen molar-refractivity contribution in [2.24, 2.45) is 5.73 Å². The molecule has 0 radical (unpaired) electrons. The minimum atomic E-state index is -4.38. The van der Waals surface area contributed by atoms with E-state index in [1.54, 1.807) is 0 Å². The molecule has 0 aliphatic rings. The first-order valence-electron chi connectivity index (χ1n) is 5.39. The van der Waals surface area contributed by atoms with Crippen molar-refractivity contribution in [3.63, 3.8) is 0 Å². The van der Waals surface area contributed by atoms with E-state index in [0.717, 1.165) is 10.4 Å². The van der Waals surface area contributed by atoms with Gasteiger partial charge in [0.15, 0.2) is 8.68 Å². The van der Waals surface area contributed by atoms with Gasteiger partial charge in [-0.25, -0.2) is 0 Å². The molecule has 0 spiro atoms. The maximum absolute atomic E-state index is 12.8. The molecule has 0 bridgehead atoms. The topological polar surface area (TPSA) is 51.8 Å². The van der Waals surface area contributed by atoms with Crippen LogP contribution < -0.4 is 5.73 Å². The van der Waals surface area contributed by atoms with Crippen molar-refractivity contribution in [3.05, 3.63) is 29.3 Å². The molecule has 0 amide bonds. The normalized spacial score (nSPS) is 11.8. The maximum atomic E-state index is 12.8. The summed E-state index contributed by atoms with van der Waals surface area (Å²) < 4.78 is 39.8. The molecular formula is C11H10F3N3S3. The van der Waals surface area contributed by atoms with Crippen molar-refractivity contribution >= 4 is 34.9 Å². The SMILES string of the molecule is CSc1nnc(Sc2ccc(C(F)(F)F)c(CN)c2)s1. The molecule has 0 atom stereocenters. The first kappa shape index (κ1) is 15.6. The fourth-order valence-corrected chi connectivity index (χ4v) is 3.98. The van der Waals surface area contributed by atoms with Gasteiger partial charge in [0.25, 0.3) is 0 Å². The lowest BCUT2D eigenvalue weighted by Gasteiger charge is -2.12. The molecule has 9 heteroatoms. The van der Waals surface area contributed by atoms with Crippen molar-refractivity contribution in [1.29, 1.82) is 0 Å². The summed E-state index contributed by atoms with van der Waals surface area (Å²) in [6.07, 6.45) is -2.49. The Kier molecular flexibility index (Phi) is 4.95. The summed E-state index contributed by atoms with van der Waals surface area (Å²) in [5, 5.41) is 7.90. The van der Waals surface area contributed by atoms with E-state index in [-0.39, 0.29) is 12.1 Å². The van der Waals surface area contributed by atoms with E-state index >= 15 is 0 Å².